The second-order valence-corrected chi connectivity index (χ2v) is 13.4. The zero-order valence-corrected chi connectivity index (χ0v) is 26.0. The summed E-state index contributed by atoms with van der Waals surface area (Å²) in [6, 6.07) is 21.4. The van der Waals surface area contributed by atoms with E-state index in [0.29, 0.717) is 12.2 Å². The molecule has 0 aliphatic rings. The zero-order chi connectivity index (χ0) is 30.9. The second-order valence-electron chi connectivity index (χ2n) is 11.5. The van der Waals surface area contributed by atoms with Crippen LogP contribution in [0.25, 0.3) is 0 Å². The van der Waals surface area contributed by atoms with Gasteiger partial charge in [-0.3, -0.25) is 13.9 Å². The fraction of sp³-hybridized carbons (Fsp3) is 0.394. The highest BCUT2D eigenvalue weighted by atomic mass is 32.2. The number of anilines is 1. The highest BCUT2D eigenvalue weighted by Gasteiger charge is 2.33. The normalized spacial score (nSPS) is 12.4. The Kier molecular flexibility index (Phi) is 11.3. The van der Waals surface area contributed by atoms with Crippen LogP contribution in [0.15, 0.2) is 78.9 Å². The van der Waals surface area contributed by atoms with E-state index >= 15 is 0 Å². The van der Waals surface area contributed by atoms with Gasteiger partial charge in [-0.25, -0.2) is 12.8 Å². The number of nitrogens with one attached hydrogen (secondary N) is 1. The molecule has 3 aromatic carbocycles. The maximum atomic E-state index is 14.9. The van der Waals surface area contributed by atoms with E-state index in [9.17, 15) is 22.4 Å². The van der Waals surface area contributed by atoms with Crippen molar-refractivity contribution in [3.8, 4) is 0 Å². The van der Waals surface area contributed by atoms with Crippen LogP contribution in [0.2, 0.25) is 0 Å². The van der Waals surface area contributed by atoms with Crippen LogP contribution < -0.4 is 9.62 Å². The average Bonchev–Trinajstić information content (AvgIpc) is 2.94. The summed E-state index contributed by atoms with van der Waals surface area (Å²) in [6.07, 6.45) is 2.85. The molecule has 9 heteroatoms. The maximum Gasteiger partial charge on any atom is 0.244 e. The van der Waals surface area contributed by atoms with Gasteiger partial charge < -0.3 is 10.2 Å². The standard InChI is InChI=1S/C33H42FN3O4S/c1-6-7-21-35-32(39)30(22-25-13-9-8-10-14-25)36(23-26-15-11-12-16-29(26)34)31(38)24-37(42(5,40)41)28-19-17-27(18-20-28)33(2,3)4/h8-20,30H,6-7,21-24H2,1-5H3,(H,35,39)/t30-/m0/s1. The Morgan fingerprint density at radius 2 is 1.55 bits per heavy atom. The summed E-state index contributed by atoms with van der Waals surface area (Å²) >= 11 is 0. The van der Waals surface area contributed by atoms with Crippen LogP contribution in [0.3, 0.4) is 0 Å². The van der Waals surface area contributed by atoms with Crippen molar-refractivity contribution in [1.29, 1.82) is 0 Å². The quantitative estimate of drug-likeness (QED) is 0.267. The van der Waals surface area contributed by atoms with Gasteiger partial charge in [-0.1, -0.05) is 94.8 Å². The molecular weight excluding hydrogens is 553 g/mol. The summed E-state index contributed by atoms with van der Waals surface area (Å²) in [5.74, 6) is -1.51. The van der Waals surface area contributed by atoms with Crippen LogP contribution in [0.1, 0.15) is 57.2 Å². The molecule has 0 bridgehead atoms. The molecule has 0 aliphatic heterocycles. The van der Waals surface area contributed by atoms with Gasteiger partial charge in [-0.15, -0.1) is 0 Å². The summed E-state index contributed by atoms with van der Waals surface area (Å²) in [7, 11) is -3.89. The molecule has 226 valence electrons. The van der Waals surface area contributed by atoms with Gasteiger partial charge in [0.1, 0.15) is 18.4 Å². The van der Waals surface area contributed by atoms with Crippen molar-refractivity contribution in [3.05, 3.63) is 101 Å². The first kappa shape index (κ1) is 32.8. The highest BCUT2D eigenvalue weighted by Crippen LogP contribution is 2.26. The van der Waals surface area contributed by atoms with Gasteiger partial charge in [0.05, 0.1) is 11.9 Å². The summed E-state index contributed by atoms with van der Waals surface area (Å²) in [6.45, 7) is 7.85. The summed E-state index contributed by atoms with van der Waals surface area (Å²) in [5.41, 5.74) is 2.25. The third-order valence-corrected chi connectivity index (χ3v) is 8.24. The third kappa shape index (κ3) is 9.14. The minimum absolute atomic E-state index is 0.142. The Labute approximate surface area is 249 Å². The molecule has 0 radical (unpaired) electrons. The van der Waals surface area contributed by atoms with Gasteiger partial charge in [-0.05, 0) is 41.2 Å². The highest BCUT2D eigenvalue weighted by molar-refractivity contribution is 7.92. The zero-order valence-electron chi connectivity index (χ0n) is 25.1. The molecule has 0 saturated heterocycles. The van der Waals surface area contributed by atoms with E-state index in [1.165, 1.54) is 11.0 Å². The molecule has 3 aromatic rings. The van der Waals surface area contributed by atoms with Crippen molar-refractivity contribution in [2.45, 2.75) is 65.0 Å². The van der Waals surface area contributed by atoms with Crippen LogP contribution in [0.4, 0.5) is 10.1 Å². The Bertz CT molecular complexity index is 1440. The minimum atomic E-state index is -3.89. The van der Waals surface area contributed by atoms with E-state index in [1.807, 2.05) is 49.4 Å². The first-order valence-corrected chi connectivity index (χ1v) is 16.1. The number of amides is 2. The molecule has 3 rings (SSSR count). The molecule has 0 aromatic heterocycles. The largest absolute Gasteiger partial charge is 0.354 e. The minimum Gasteiger partial charge on any atom is -0.354 e. The lowest BCUT2D eigenvalue weighted by Gasteiger charge is -2.33. The maximum absolute atomic E-state index is 14.9. The smallest absolute Gasteiger partial charge is 0.244 e. The lowest BCUT2D eigenvalue weighted by Crippen LogP contribution is -2.53. The molecule has 0 spiro atoms. The molecule has 7 nitrogen and oxygen atoms in total. The van der Waals surface area contributed by atoms with E-state index < -0.39 is 34.3 Å². The summed E-state index contributed by atoms with van der Waals surface area (Å²) in [5, 5.41) is 2.92. The lowest BCUT2D eigenvalue weighted by molar-refractivity contribution is -0.140. The van der Waals surface area contributed by atoms with E-state index in [2.05, 4.69) is 26.1 Å². The Morgan fingerprint density at radius 1 is 0.929 bits per heavy atom. The van der Waals surface area contributed by atoms with Gasteiger partial charge in [-0.2, -0.15) is 0 Å². The summed E-state index contributed by atoms with van der Waals surface area (Å²) in [4.78, 5) is 29.0. The Balaban J connectivity index is 2.04. The fourth-order valence-electron chi connectivity index (χ4n) is 4.61. The van der Waals surface area contributed by atoms with Crippen LogP contribution in [-0.2, 0) is 38.0 Å². The van der Waals surface area contributed by atoms with E-state index in [-0.39, 0.29) is 29.9 Å². The van der Waals surface area contributed by atoms with Crippen molar-refractivity contribution >= 4 is 27.5 Å². The first-order valence-electron chi connectivity index (χ1n) is 14.2. The van der Waals surface area contributed by atoms with Crippen molar-refractivity contribution in [3.63, 3.8) is 0 Å². The molecule has 1 atom stereocenters. The average molecular weight is 596 g/mol. The van der Waals surface area contributed by atoms with E-state index in [0.717, 1.165) is 34.5 Å². The number of halogens is 1. The van der Waals surface area contributed by atoms with Crippen molar-refractivity contribution in [2.24, 2.45) is 0 Å². The number of nitrogens with zero attached hydrogens (tertiary/aromatic N) is 2. The predicted octanol–water partition coefficient (Wildman–Crippen LogP) is 5.45. The van der Waals surface area contributed by atoms with E-state index in [1.54, 1.807) is 30.3 Å². The van der Waals surface area contributed by atoms with Gasteiger partial charge in [0.25, 0.3) is 0 Å². The molecule has 0 saturated carbocycles. The molecule has 0 unspecified atom stereocenters. The summed E-state index contributed by atoms with van der Waals surface area (Å²) < 4.78 is 41.8. The first-order chi connectivity index (χ1) is 19.8. The monoisotopic (exact) mass is 595 g/mol. The van der Waals surface area contributed by atoms with Gasteiger partial charge in [0.15, 0.2) is 0 Å². The Hall–Kier alpha value is -3.72. The number of benzene rings is 3. The molecule has 0 aliphatic carbocycles. The third-order valence-electron chi connectivity index (χ3n) is 7.10. The van der Waals surface area contributed by atoms with Gasteiger partial charge in [0.2, 0.25) is 21.8 Å². The van der Waals surface area contributed by atoms with E-state index in [4.69, 9.17) is 0 Å². The van der Waals surface area contributed by atoms with Crippen molar-refractivity contribution < 1.29 is 22.4 Å². The van der Waals surface area contributed by atoms with Crippen molar-refractivity contribution in [1.82, 2.24) is 10.2 Å². The Morgan fingerprint density at radius 3 is 2.12 bits per heavy atom. The molecule has 0 heterocycles. The number of unbranched alkanes of at least 4 members (excludes halogenated alkanes) is 1. The van der Waals surface area contributed by atoms with Crippen LogP contribution in [0, 0.1) is 5.82 Å². The van der Waals surface area contributed by atoms with Crippen LogP contribution in [0.5, 0.6) is 0 Å². The SMILES string of the molecule is CCCCNC(=O)[C@H](Cc1ccccc1)N(Cc1ccccc1F)C(=O)CN(c1ccc(C(C)(C)C)cc1)S(C)(=O)=O. The number of hydrogen-bond donors (Lipinski definition) is 1. The molecule has 2 amide bonds. The van der Waals surface area contributed by atoms with Crippen molar-refractivity contribution in [2.75, 3.05) is 23.7 Å². The molecular formula is C33H42FN3O4S. The lowest BCUT2D eigenvalue weighted by atomic mass is 9.87. The predicted molar refractivity (Wildman–Crippen MR) is 166 cm³/mol. The molecule has 1 N–H and O–H groups in total. The van der Waals surface area contributed by atoms with Gasteiger partial charge >= 0.3 is 0 Å². The topological polar surface area (TPSA) is 86.8 Å². The number of sulfonamides is 1. The van der Waals surface area contributed by atoms with Crippen LogP contribution in [-0.4, -0.2) is 50.5 Å². The second kappa shape index (κ2) is 14.4. The number of carbonyl (C=O) groups excluding carboxylic acids is 2. The molecule has 42 heavy (non-hydrogen) atoms. The number of hydrogen-bond acceptors (Lipinski definition) is 4. The number of rotatable bonds is 13. The number of carbonyl (C=O) groups is 2. The van der Waals surface area contributed by atoms with Gasteiger partial charge in [0, 0.05) is 25.1 Å². The fourth-order valence-corrected chi connectivity index (χ4v) is 5.46. The van der Waals surface area contributed by atoms with Crippen LogP contribution >= 0.6 is 0 Å². The molecule has 0 fully saturated rings.